The van der Waals surface area contributed by atoms with E-state index in [0.29, 0.717) is 11.1 Å². The van der Waals surface area contributed by atoms with Crippen molar-refractivity contribution in [2.24, 2.45) is 0 Å². The maximum absolute atomic E-state index is 12.1. The zero-order valence-electron chi connectivity index (χ0n) is 14.9. The molecule has 0 heterocycles. The van der Waals surface area contributed by atoms with Gasteiger partial charge in [-0.25, -0.2) is 0 Å². The van der Waals surface area contributed by atoms with E-state index >= 15 is 0 Å². The van der Waals surface area contributed by atoms with Crippen molar-refractivity contribution in [3.63, 3.8) is 0 Å². The standard InChI is InChI=1S/C24H20O2/c1-17(25)20-12-14-21(15-13-20)24(16-19-8-4-3-5-9-19)23-11-7-6-10-22(23)18(2)26/h3-16H,1-2H3. The molecule has 0 fully saturated rings. The summed E-state index contributed by atoms with van der Waals surface area (Å²) in [6.45, 7) is 3.14. The van der Waals surface area contributed by atoms with Crippen molar-refractivity contribution >= 4 is 23.2 Å². The quantitative estimate of drug-likeness (QED) is 0.442. The molecule has 3 aromatic rings. The van der Waals surface area contributed by atoms with E-state index in [-0.39, 0.29) is 11.6 Å². The Morgan fingerprint density at radius 3 is 1.73 bits per heavy atom. The molecule has 0 unspecified atom stereocenters. The molecule has 0 bridgehead atoms. The Labute approximate surface area is 153 Å². The van der Waals surface area contributed by atoms with Crippen LogP contribution < -0.4 is 0 Å². The first kappa shape index (κ1) is 17.6. The van der Waals surface area contributed by atoms with Crippen molar-refractivity contribution < 1.29 is 9.59 Å². The van der Waals surface area contributed by atoms with E-state index in [2.05, 4.69) is 6.08 Å². The average Bonchev–Trinajstić information content (AvgIpc) is 2.67. The van der Waals surface area contributed by atoms with Crippen LogP contribution in [-0.4, -0.2) is 11.6 Å². The molecule has 3 aromatic carbocycles. The molecule has 0 aromatic heterocycles. The van der Waals surface area contributed by atoms with Crippen LogP contribution in [0.2, 0.25) is 0 Å². The first-order valence-corrected chi connectivity index (χ1v) is 8.54. The van der Waals surface area contributed by atoms with Crippen LogP contribution in [0.15, 0.2) is 78.9 Å². The molecule has 0 aliphatic carbocycles. The highest BCUT2D eigenvalue weighted by Crippen LogP contribution is 2.29. The first-order valence-electron chi connectivity index (χ1n) is 8.54. The summed E-state index contributed by atoms with van der Waals surface area (Å²) in [5.74, 6) is 0.0641. The van der Waals surface area contributed by atoms with Crippen molar-refractivity contribution in [1.82, 2.24) is 0 Å². The fourth-order valence-electron chi connectivity index (χ4n) is 2.94. The second-order valence-electron chi connectivity index (χ2n) is 6.20. The van der Waals surface area contributed by atoms with Gasteiger partial charge in [0.05, 0.1) is 0 Å². The lowest BCUT2D eigenvalue weighted by molar-refractivity contribution is 0.100. The second kappa shape index (κ2) is 7.75. The molecule has 2 nitrogen and oxygen atoms in total. The van der Waals surface area contributed by atoms with E-state index < -0.39 is 0 Å². The highest BCUT2D eigenvalue weighted by molar-refractivity contribution is 6.04. The molecule has 0 saturated carbocycles. The minimum atomic E-state index is 0.0277. The highest BCUT2D eigenvalue weighted by Gasteiger charge is 2.13. The topological polar surface area (TPSA) is 34.1 Å². The third-order valence-electron chi connectivity index (χ3n) is 4.31. The molecule has 0 amide bonds. The summed E-state index contributed by atoms with van der Waals surface area (Å²) in [4.78, 5) is 23.7. The van der Waals surface area contributed by atoms with Crippen LogP contribution in [0.3, 0.4) is 0 Å². The fourth-order valence-corrected chi connectivity index (χ4v) is 2.94. The van der Waals surface area contributed by atoms with E-state index in [1.54, 1.807) is 13.8 Å². The lowest BCUT2D eigenvalue weighted by Gasteiger charge is -2.13. The lowest BCUT2D eigenvalue weighted by atomic mass is 9.90. The Morgan fingerprint density at radius 1 is 0.615 bits per heavy atom. The minimum Gasteiger partial charge on any atom is -0.295 e. The van der Waals surface area contributed by atoms with Gasteiger partial charge in [0.25, 0.3) is 0 Å². The molecule has 0 atom stereocenters. The van der Waals surface area contributed by atoms with Crippen molar-refractivity contribution in [3.8, 4) is 0 Å². The van der Waals surface area contributed by atoms with Crippen LogP contribution in [0.5, 0.6) is 0 Å². The summed E-state index contributed by atoms with van der Waals surface area (Å²) < 4.78 is 0. The Hall–Kier alpha value is -3.26. The second-order valence-corrected chi connectivity index (χ2v) is 6.20. The average molecular weight is 340 g/mol. The summed E-state index contributed by atoms with van der Waals surface area (Å²) >= 11 is 0. The molecule has 0 saturated heterocycles. The van der Waals surface area contributed by atoms with Gasteiger partial charge in [-0.05, 0) is 42.2 Å². The van der Waals surface area contributed by atoms with E-state index in [1.807, 2.05) is 78.9 Å². The Morgan fingerprint density at radius 2 is 1.15 bits per heavy atom. The molecule has 26 heavy (non-hydrogen) atoms. The molecule has 128 valence electrons. The number of ketones is 2. The van der Waals surface area contributed by atoms with Gasteiger partial charge in [0.15, 0.2) is 11.6 Å². The summed E-state index contributed by atoms with van der Waals surface area (Å²) in [6.07, 6.45) is 2.07. The highest BCUT2D eigenvalue weighted by atomic mass is 16.1. The van der Waals surface area contributed by atoms with Crippen LogP contribution in [0.25, 0.3) is 11.6 Å². The van der Waals surface area contributed by atoms with Gasteiger partial charge in [0.1, 0.15) is 0 Å². The SMILES string of the molecule is CC(=O)c1ccc(C(=Cc2ccccc2)c2ccccc2C(C)=O)cc1. The van der Waals surface area contributed by atoms with Gasteiger partial charge in [0, 0.05) is 11.1 Å². The molecule has 2 heteroatoms. The zero-order chi connectivity index (χ0) is 18.5. The number of Topliss-reactive ketones (excluding diaryl/α,β-unsaturated/α-hetero) is 2. The minimum absolute atomic E-state index is 0.0277. The molecule has 0 radical (unpaired) electrons. The Bertz CT molecular complexity index is 965. The Balaban J connectivity index is 2.19. The summed E-state index contributed by atoms with van der Waals surface area (Å²) in [6, 6.07) is 25.1. The zero-order valence-corrected chi connectivity index (χ0v) is 14.9. The normalized spacial score (nSPS) is 11.2. The van der Waals surface area contributed by atoms with Gasteiger partial charge in [-0.3, -0.25) is 9.59 Å². The predicted octanol–water partition coefficient (Wildman–Crippen LogP) is 5.68. The smallest absolute Gasteiger partial charge is 0.160 e. The predicted molar refractivity (Wildman–Crippen MR) is 106 cm³/mol. The number of benzene rings is 3. The van der Waals surface area contributed by atoms with Crippen molar-refractivity contribution in [2.75, 3.05) is 0 Å². The summed E-state index contributed by atoms with van der Waals surface area (Å²) in [5.41, 5.74) is 5.22. The summed E-state index contributed by atoms with van der Waals surface area (Å²) in [7, 11) is 0. The van der Waals surface area contributed by atoms with Crippen LogP contribution in [0.4, 0.5) is 0 Å². The number of hydrogen-bond acceptors (Lipinski definition) is 2. The Kier molecular flexibility index (Phi) is 5.23. The molecule has 0 N–H and O–H groups in total. The third kappa shape index (κ3) is 3.86. The number of rotatable bonds is 5. The van der Waals surface area contributed by atoms with Crippen molar-refractivity contribution in [3.05, 3.63) is 107 Å². The third-order valence-corrected chi connectivity index (χ3v) is 4.31. The van der Waals surface area contributed by atoms with Gasteiger partial charge in [-0.2, -0.15) is 0 Å². The number of hydrogen-bond donors (Lipinski definition) is 0. The van der Waals surface area contributed by atoms with Gasteiger partial charge >= 0.3 is 0 Å². The van der Waals surface area contributed by atoms with Crippen LogP contribution in [-0.2, 0) is 0 Å². The molecule has 0 aliphatic heterocycles. The largest absolute Gasteiger partial charge is 0.295 e. The fraction of sp³-hybridized carbons (Fsp3) is 0.0833. The maximum Gasteiger partial charge on any atom is 0.160 e. The maximum atomic E-state index is 12.1. The van der Waals surface area contributed by atoms with Gasteiger partial charge < -0.3 is 0 Å². The van der Waals surface area contributed by atoms with Gasteiger partial charge in [0.2, 0.25) is 0 Å². The van der Waals surface area contributed by atoms with Crippen molar-refractivity contribution in [1.29, 1.82) is 0 Å². The first-order chi connectivity index (χ1) is 12.6. The number of carbonyl (C=O) groups is 2. The van der Waals surface area contributed by atoms with E-state index in [1.165, 1.54) is 0 Å². The summed E-state index contributed by atoms with van der Waals surface area (Å²) in [5, 5.41) is 0. The van der Waals surface area contributed by atoms with Gasteiger partial charge in [-0.15, -0.1) is 0 Å². The lowest BCUT2D eigenvalue weighted by Crippen LogP contribution is -2.00. The van der Waals surface area contributed by atoms with E-state index in [0.717, 1.165) is 22.3 Å². The van der Waals surface area contributed by atoms with Gasteiger partial charge in [-0.1, -0.05) is 78.9 Å². The molecular weight excluding hydrogens is 320 g/mol. The molecule has 0 aliphatic rings. The van der Waals surface area contributed by atoms with Crippen LogP contribution in [0.1, 0.15) is 51.3 Å². The molecule has 0 spiro atoms. The van der Waals surface area contributed by atoms with Crippen molar-refractivity contribution in [2.45, 2.75) is 13.8 Å². The van der Waals surface area contributed by atoms with Crippen LogP contribution in [0, 0.1) is 0 Å². The molecular formula is C24H20O2. The van der Waals surface area contributed by atoms with Crippen LogP contribution >= 0.6 is 0 Å². The molecule has 3 rings (SSSR count). The monoisotopic (exact) mass is 340 g/mol. The van der Waals surface area contributed by atoms with E-state index in [4.69, 9.17) is 0 Å². The van der Waals surface area contributed by atoms with E-state index in [9.17, 15) is 9.59 Å². The number of carbonyl (C=O) groups excluding carboxylic acids is 2.